The van der Waals surface area contributed by atoms with E-state index < -0.39 is 0 Å². The highest BCUT2D eigenvalue weighted by Crippen LogP contribution is 2.04. The van der Waals surface area contributed by atoms with E-state index in [4.69, 9.17) is 5.41 Å². The van der Waals surface area contributed by atoms with Gasteiger partial charge < -0.3 is 0 Å². The predicted octanol–water partition coefficient (Wildman–Crippen LogP) is 1.68. The molecule has 0 spiro atoms. The van der Waals surface area contributed by atoms with Crippen LogP contribution in [0, 0.1) is 5.41 Å². The van der Waals surface area contributed by atoms with E-state index in [1.165, 1.54) is 0 Å². The summed E-state index contributed by atoms with van der Waals surface area (Å²) in [5.74, 6) is 2.33. The topological polar surface area (TPSA) is 23.9 Å². The molecule has 0 aromatic rings. The van der Waals surface area contributed by atoms with E-state index in [0.717, 1.165) is 12.0 Å². The number of hydrogen-bond acceptors (Lipinski definition) is 1. The molecule has 0 saturated carbocycles. The van der Waals surface area contributed by atoms with Crippen molar-refractivity contribution in [3.8, 4) is 0 Å². The molecule has 1 aliphatic carbocycles. The lowest BCUT2D eigenvalue weighted by molar-refractivity contribution is 1.29. The lowest BCUT2D eigenvalue weighted by Gasteiger charge is -1.93. The molecular formula is C7H7N. The van der Waals surface area contributed by atoms with Crippen LogP contribution in [0.3, 0.4) is 0 Å². The Morgan fingerprint density at radius 2 is 2.38 bits per heavy atom. The molecule has 1 aliphatic rings. The average Bonchev–Trinajstić information content (AvgIpc) is 1.90. The summed E-state index contributed by atoms with van der Waals surface area (Å²) in [5, 5.41) is 6.72. The van der Waals surface area contributed by atoms with E-state index >= 15 is 0 Å². The smallest absolute Gasteiger partial charge is 0.0166 e. The zero-order valence-corrected chi connectivity index (χ0v) is 4.52. The second kappa shape index (κ2) is 2.29. The van der Waals surface area contributed by atoms with Gasteiger partial charge in [-0.2, -0.15) is 0 Å². The third kappa shape index (κ3) is 0.955. The quantitative estimate of drug-likeness (QED) is 0.453. The van der Waals surface area contributed by atoms with Gasteiger partial charge >= 0.3 is 0 Å². The molecule has 8 heavy (non-hydrogen) atoms. The summed E-state index contributed by atoms with van der Waals surface area (Å²) in [4.78, 5) is 0. The van der Waals surface area contributed by atoms with Crippen molar-refractivity contribution in [1.29, 1.82) is 5.41 Å². The van der Waals surface area contributed by atoms with E-state index in [9.17, 15) is 0 Å². The maximum atomic E-state index is 6.72. The van der Waals surface area contributed by atoms with Gasteiger partial charge in [0, 0.05) is 5.57 Å². The van der Waals surface area contributed by atoms with E-state index in [1.54, 1.807) is 0 Å². The van der Waals surface area contributed by atoms with Gasteiger partial charge in [-0.1, -0.05) is 18.2 Å². The van der Waals surface area contributed by atoms with Gasteiger partial charge in [-0.25, -0.2) is 0 Å². The van der Waals surface area contributed by atoms with Crippen LogP contribution in [-0.2, 0) is 0 Å². The van der Waals surface area contributed by atoms with E-state index in [2.05, 4.69) is 5.87 Å². The van der Waals surface area contributed by atoms with Gasteiger partial charge in [0.25, 0.3) is 0 Å². The van der Waals surface area contributed by atoms with Crippen molar-refractivity contribution in [3.63, 3.8) is 0 Å². The highest BCUT2D eigenvalue weighted by atomic mass is 14.3. The van der Waals surface area contributed by atoms with Crippen molar-refractivity contribution >= 4 is 5.87 Å². The van der Waals surface area contributed by atoms with Crippen LogP contribution >= 0.6 is 0 Å². The van der Waals surface area contributed by atoms with Gasteiger partial charge in [0.15, 0.2) is 0 Å². The average molecular weight is 105 g/mol. The molecule has 1 nitrogen and oxygen atoms in total. The lowest BCUT2D eigenvalue weighted by Crippen LogP contribution is -1.78. The first kappa shape index (κ1) is 5.07. The monoisotopic (exact) mass is 105 g/mol. The summed E-state index contributed by atoms with van der Waals surface area (Å²) in [7, 11) is 0. The lowest BCUT2D eigenvalue weighted by atomic mass is 10.1. The maximum Gasteiger partial charge on any atom is 0.0166 e. The van der Waals surface area contributed by atoms with Gasteiger partial charge in [0.1, 0.15) is 0 Å². The molecule has 0 atom stereocenters. The normalized spacial score (nSPS) is 16.2. The van der Waals surface area contributed by atoms with Crippen LogP contribution in [0.15, 0.2) is 29.9 Å². The van der Waals surface area contributed by atoms with Gasteiger partial charge in [-0.3, -0.25) is 5.41 Å². The predicted molar refractivity (Wildman–Crippen MR) is 34.1 cm³/mol. The fourth-order valence-corrected chi connectivity index (χ4v) is 0.606. The van der Waals surface area contributed by atoms with Crippen LogP contribution in [0.25, 0.3) is 0 Å². The molecule has 0 aromatic heterocycles. The van der Waals surface area contributed by atoms with Gasteiger partial charge in [0.2, 0.25) is 0 Å². The Bertz CT molecular complexity index is 181. The van der Waals surface area contributed by atoms with Crippen molar-refractivity contribution < 1.29 is 0 Å². The fourth-order valence-electron chi connectivity index (χ4n) is 0.606. The molecule has 1 N–H and O–H groups in total. The summed E-state index contributed by atoms with van der Waals surface area (Å²) in [6.07, 6.45) is 8.66. The van der Waals surface area contributed by atoms with E-state index in [0.29, 0.717) is 0 Å². The van der Waals surface area contributed by atoms with Crippen molar-refractivity contribution in [3.05, 3.63) is 29.9 Å². The highest BCUT2D eigenvalue weighted by Gasteiger charge is 1.88. The summed E-state index contributed by atoms with van der Waals surface area (Å²) in [6, 6.07) is 0. The fraction of sp³-hybridized carbons (Fsp3) is 0.143. The van der Waals surface area contributed by atoms with Crippen LogP contribution in [0.1, 0.15) is 6.42 Å². The molecule has 0 amide bonds. The Kier molecular flexibility index (Phi) is 1.45. The number of hydrogen-bond donors (Lipinski definition) is 1. The van der Waals surface area contributed by atoms with Crippen molar-refractivity contribution in [2.24, 2.45) is 0 Å². The SMILES string of the molecule is N=C=C1C=CC=CC1. The van der Waals surface area contributed by atoms with Crippen molar-refractivity contribution in [1.82, 2.24) is 0 Å². The van der Waals surface area contributed by atoms with E-state index in [-0.39, 0.29) is 0 Å². The Balaban J connectivity index is 2.80. The van der Waals surface area contributed by atoms with Crippen molar-refractivity contribution in [2.45, 2.75) is 6.42 Å². The molecular weight excluding hydrogens is 98.1 g/mol. The zero-order chi connectivity index (χ0) is 5.82. The first-order valence-corrected chi connectivity index (χ1v) is 2.55. The largest absolute Gasteiger partial charge is 0.258 e. The molecule has 0 aromatic carbocycles. The van der Waals surface area contributed by atoms with Crippen LogP contribution in [0.2, 0.25) is 0 Å². The molecule has 40 valence electrons. The van der Waals surface area contributed by atoms with Crippen LogP contribution in [-0.4, -0.2) is 5.87 Å². The standard InChI is InChI=1S/C7H7N/c8-6-7-4-2-1-3-5-7/h1-4,8H,5H2. The van der Waals surface area contributed by atoms with Gasteiger partial charge in [0.05, 0.1) is 0 Å². The molecule has 0 fully saturated rings. The third-order valence-electron chi connectivity index (χ3n) is 1.04. The van der Waals surface area contributed by atoms with Gasteiger partial charge in [-0.05, 0) is 18.4 Å². The Morgan fingerprint density at radius 1 is 1.50 bits per heavy atom. The van der Waals surface area contributed by atoms with Crippen LogP contribution < -0.4 is 0 Å². The summed E-state index contributed by atoms with van der Waals surface area (Å²) in [5.41, 5.74) is 0.951. The first-order chi connectivity index (χ1) is 3.93. The number of rotatable bonds is 0. The summed E-state index contributed by atoms with van der Waals surface area (Å²) in [6.45, 7) is 0. The number of nitrogens with one attached hydrogen (secondary N) is 1. The maximum absolute atomic E-state index is 6.72. The molecule has 0 unspecified atom stereocenters. The highest BCUT2D eigenvalue weighted by molar-refractivity contribution is 5.60. The minimum absolute atomic E-state index is 0.861. The van der Waals surface area contributed by atoms with Crippen molar-refractivity contribution in [2.75, 3.05) is 0 Å². The molecule has 0 heterocycles. The molecule has 0 saturated heterocycles. The summed E-state index contributed by atoms with van der Waals surface area (Å²) >= 11 is 0. The minimum atomic E-state index is 0.861. The number of allylic oxidation sites excluding steroid dienone is 5. The second-order valence-corrected chi connectivity index (χ2v) is 1.64. The minimum Gasteiger partial charge on any atom is -0.258 e. The van der Waals surface area contributed by atoms with E-state index in [1.807, 2.05) is 24.3 Å². The Labute approximate surface area is 48.5 Å². The molecule has 0 aliphatic heterocycles. The third-order valence-corrected chi connectivity index (χ3v) is 1.04. The molecule has 1 heteroatoms. The van der Waals surface area contributed by atoms with Crippen LogP contribution in [0.4, 0.5) is 0 Å². The second-order valence-electron chi connectivity index (χ2n) is 1.64. The molecule has 1 rings (SSSR count). The zero-order valence-electron chi connectivity index (χ0n) is 4.52. The molecule has 0 radical (unpaired) electrons. The molecule has 0 bridgehead atoms. The van der Waals surface area contributed by atoms with Gasteiger partial charge in [-0.15, -0.1) is 0 Å². The van der Waals surface area contributed by atoms with Crippen LogP contribution in [0.5, 0.6) is 0 Å². The summed E-state index contributed by atoms with van der Waals surface area (Å²) < 4.78 is 0. The Hall–Kier alpha value is -1.07. The Morgan fingerprint density at radius 3 is 2.75 bits per heavy atom. The first-order valence-electron chi connectivity index (χ1n) is 2.55.